The summed E-state index contributed by atoms with van der Waals surface area (Å²) in [4.78, 5) is 12.5. The standard InChI is InChI=1S/C12H15N5O/c1-2-9(7-13-3-1)6-11-16-12(18-17-11)10-8-14-4-5-15-10/h4-5,8-9,13H,1-3,6-7H2/t9-/m1/s1. The maximum atomic E-state index is 5.21. The first-order valence-corrected chi connectivity index (χ1v) is 6.21. The number of hydrogen-bond acceptors (Lipinski definition) is 6. The van der Waals surface area contributed by atoms with Gasteiger partial charge in [-0.3, -0.25) is 4.98 Å². The molecule has 1 aliphatic rings. The van der Waals surface area contributed by atoms with Crippen molar-refractivity contribution in [2.75, 3.05) is 13.1 Å². The van der Waals surface area contributed by atoms with Gasteiger partial charge in [-0.1, -0.05) is 5.16 Å². The molecule has 0 aliphatic carbocycles. The second-order valence-electron chi connectivity index (χ2n) is 4.52. The fraction of sp³-hybridized carbons (Fsp3) is 0.500. The van der Waals surface area contributed by atoms with E-state index >= 15 is 0 Å². The molecule has 0 amide bonds. The zero-order valence-corrected chi connectivity index (χ0v) is 10.0. The monoisotopic (exact) mass is 245 g/mol. The van der Waals surface area contributed by atoms with Crippen LogP contribution in [0.5, 0.6) is 0 Å². The van der Waals surface area contributed by atoms with E-state index in [2.05, 4.69) is 25.4 Å². The van der Waals surface area contributed by atoms with Crippen LogP contribution in [0.4, 0.5) is 0 Å². The number of rotatable bonds is 3. The van der Waals surface area contributed by atoms with Gasteiger partial charge >= 0.3 is 0 Å². The van der Waals surface area contributed by atoms with Crippen LogP contribution in [0.3, 0.4) is 0 Å². The Bertz CT molecular complexity index is 492. The Hall–Kier alpha value is -1.82. The number of hydrogen-bond donors (Lipinski definition) is 1. The van der Waals surface area contributed by atoms with Crippen LogP contribution in [-0.4, -0.2) is 33.2 Å². The van der Waals surface area contributed by atoms with Crippen LogP contribution in [0.2, 0.25) is 0 Å². The summed E-state index contributed by atoms with van der Waals surface area (Å²) < 4.78 is 5.21. The Kier molecular flexibility index (Phi) is 3.27. The number of nitrogens with one attached hydrogen (secondary N) is 1. The molecule has 3 heterocycles. The van der Waals surface area contributed by atoms with Crippen molar-refractivity contribution in [2.24, 2.45) is 5.92 Å². The summed E-state index contributed by atoms with van der Waals surface area (Å²) in [6, 6.07) is 0. The Balaban J connectivity index is 1.69. The van der Waals surface area contributed by atoms with E-state index in [1.807, 2.05) is 0 Å². The quantitative estimate of drug-likeness (QED) is 0.871. The highest BCUT2D eigenvalue weighted by Crippen LogP contribution is 2.17. The smallest absolute Gasteiger partial charge is 0.278 e. The summed E-state index contributed by atoms with van der Waals surface area (Å²) in [5.74, 6) is 1.80. The first kappa shape index (κ1) is 11.3. The van der Waals surface area contributed by atoms with Gasteiger partial charge in [0.15, 0.2) is 5.82 Å². The van der Waals surface area contributed by atoms with Crippen molar-refractivity contribution in [2.45, 2.75) is 19.3 Å². The number of piperidine rings is 1. The van der Waals surface area contributed by atoms with E-state index in [0.29, 0.717) is 17.5 Å². The average molecular weight is 245 g/mol. The fourth-order valence-corrected chi connectivity index (χ4v) is 2.21. The van der Waals surface area contributed by atoms with E-state index in [1.54, 1.807) is 18.6 Å². The molecule has 0 spiro atoms. The van der Waals surface area contributed by atoms with Crippen LogP contribution in [0.15, 0.2) is 23.1 Å². The first-order chi connectivity index (χ1) is 8.92. The Morgan fingerprint density at radius 3 is 3.17 bits per heavy atom. The van der Waals surface area contributed by atoms with Crippen LogP contribution >= 0.6 is 0 Å². The van der Waals surface area contributed by atoms with Crippen LogP contribution in [-0.2, 0) is 6.42 Å². The van der Waals surface area contributed by atoms with Crippen LogP contribution in [0.1, 0.15) is 18.7 Å². The van der Waals surface area contributed by atoms with Crippen LogP contribution < -0.4 is 5.32 Å². The fourth-order valence-electron chi connectivity index (χ4n) is 2.21. The van der Waals surface area contributed by atoms with Gasteiger partial charge in [0.1, 0.15) is 5.69 Å². The molecular weight excluding hydrogens is 230 g/mol. The van der Waals surface area contributed by atoms with Gasteiger partial charge in [-0.05, 0) is 31.8 Å². The van der Waals surface area contributed by atoms with E-state index in [1.165, 1.54) is 12.8 Å². The molecule has 1 saturated heterocycles. The van der Waals surface area contributed by atoms with Crippen molar-refractivity contribution in [3.05, 3.63) is 24.4 Å². The molecule has 3 rings (SSSR count). The third-order valence-electron chi connectivity index (χ3n) is 3.12. The minimum atomic E-state index is 0.446. The molecule has 6 nitrogen and oxygen atoms in total. The SMILES string of the molecule is c1cnc(-c2nc(C[C@H]3CCCNC3)no2)cn1. The third-order valence-corrected chi connectivity index (χ3v) is 3.12. The molecule has 0 bridgehead atoms. The molecule has 0 radical (unpaired) electrons. The van der Waals surface area contributed by atoms with Crippen molar-refractivity contribution in [3.63, 3.8) is 0 Å². The second-order valence-corrected chi connectivity index (χ2v) is 4.52. The minimum Gasteiger partial charge on any atom is -0.332 e. The molecule has 0 saturated carbocycles. The molecule has 1 atom stereocenters. The Labute approximate surface area is 105 Å². The van der Waals surface area contributed by atoms with Gasteiger partial charge in [-0.15, -0.1) is 0 Å². The summed E-state index contributed by atoms with van der Waals surface area (Å²) in [6.07, 6.45) is 8.16. The Morgan fingerprint density at radius 1 is 1.39 bits per heavy atom. The molecule has 1 aliphatic heterocycles. The zero-order chi connectivity index (χ0) is 12.2. The molecule has 0 aromatic carbocycles. The summed E-state index contributed by atoms with van der Waals surface area (Å²) >= 11 is 0. The van der Waals surface area contributed by atoms with Crippen LogP contribution in [0, 0.1) is 5.92 Å². The molecule has 2 aromatic rings. The lowest BCUT2D eigenvalue weighted by atomic mass is 9.96. The summed E-state index contributed by atoms with van der Waals surface area (Å²) in [5.41, 5.74) is 0.623. The van der Waals surface area contributed by atoms with E-state index in [0.717, 1.165) is 25.3 Å². The highest BCUT2D eigenvalue weighted by Gasteiger charge is 2.17. The van der Waals surface area contributed by atoms with Gasteiger partial charge < -0.3 is 9.84 Å². The van der Waals surface area contributed by atoms with Gasteiger partial charge in [0.2, 0.25) is 0 Å². The second kappa shape index (κ2) is 5.22. The van der Waals surface area contributed by atoms with E-state index < -0.39 is 0 Å². The average Bonchev–Trinajstić information content (AvgIpc) is 2.89. The summed E-state index contributed by atoms with van der Waals surface area (Å²) in [7, 11) is 0. The largest absolute Gasteiger partial charge is 0.332 e. The molecule has 18 heavy (non-hydrogen) atoms. The molecule has 0 unspecified atom stereocenters. The Morgan fingerprint density at radius 2 is 2.39 bits per heavy atom. The minimum absolute atomic E-state index is 0.446. The molecule has 1 N–H and O–H groups in total. The lowest BCUT2D eigenvalue weighted by molar-refractivity contribution is 0.359. The van der Waals surface area contributed by atoms with Gasteiger partial charge in [0.25, 0.3) is 5.89 Å². The van der Waals surface area contributed by atoms with Gasteiger partial charge in [-0.25, -0.2) is 4.98 Å². The van der Waals surface area contributed by atoms with Gasteiger partial charge in [-0.2, -0.15) is 4.98 Å². The lowest BCUT2D eigenvalue weighted by Crippen LogP contribution is -2.31. The van der Waals surface area contributed by atoms with E-state index in [-0.39, 0.29) is 0 Å². The van der Waals surface area contributed by atoms with Gasteiger partial charge in [0.05, 0.1) is 6.20 Å². The van der Waals surface area contributed by atoms with Crippen molar-refractivity contribution in [3.8, 4) is 11.6 Å². The maximum Gasteiger partial charge on any atom is 0.278 e. The summed E-state index contributed by atoms with van der Waals surface area (Å²) in [5, 5.41) is 7.39. The molecule has 94 valence electrons. The van der Waals surface area contributed by atoms with Crippen molar-refractivity contribution >= 4 is 0 Å². The van der Waals surface area contributed by atoms with Crippen molar-refractivity contribution < 1.29 is 4.52 Å². The molecule has 6 heteroatoms. The van der Waals surface area contributed by atoms with Gasteiger partial charge in [0, 0.05) is 18.8 Å². The molecule has 1 fully saturated rings. The summed E-state index contributed by atoms with van der Waals surface area (Å²) in [6.45, 7) is 2.16. The van der Waals surface area contributed by atoms with E-state index in [4.69, 9.17) is 4.52 Å². The van der Waals surface area contributed by atoms with Crippen LogP contribution in [0.25, 0.3) is 11.6 Å². The highest BCUT2D eigenvalue weighted by atomic mass is 16.5. The maximum absolute atomic E-state index is 5.21. The predicted molar refractivity (Wildman–Crippen MR) is 64.6 cm³/mol. The topological polar surface area (TPSA) is 76.7 Å². The molecule has 2 aromatic heterocycles. The van der Waals surface area contributed by atoms with E-state index in [9.17, 15) is 0 Å². The number of aromatic nitrogens is 4. The normalized spacial score (nSPS) is 19.9. The number of nitrogens with zero attached hydrogens (tertiary/aromatic N) is 4. The first-order valence-electron chi connectivity index (χ1n) is 6.21. The van der Waals surface area contributed by atoms with Crippen molar-refractivity contribution in [1.29, 1.82) is 0 Å². The highest BCUT2D eigenvalue weighted by molar-refractivity contribution is 5.43. The predicted octanol–water partition coefficient (Wildman–Crippen LogP) is 1.07. The molecular formula is C12H15N5O. The van der Waals surface area contributed by atoms with Crippen molar-refractivity contribution in [1.82, 2.24) is 25.4 Å². The lowest BCUT2D eigenvalue weighted by Gasteiger charge is -2.20. The third kappa shape index (κ3) is 2.53. The zero-order valence-electron chi connectivity index (χ0n) is 10.0.